The second kappa shape index (κ2) is 10.7. The number of hydrogen-bond donors (Lipinski definition) is 1. The molecule has 4 atom stereocenters. The summed E-state index contributed by atoms with van der Waals surface area (Å²) >= 11 is 12.3. The molecule has 2 fully saturated rings. The van der Waals surface area contributed by atoms with E-state index in [1.165, 1.54) is 44.3 Å². The molecule has 1 aliphatic carbocycles. The zero-order valence-electron chi connectivity index (χ0n) is 19.9. The lowest BCUT2D eigenvalue weighted by molar-refractivity contribution is 0.103. The van der Waals surface area contributed by atoms with Crippen LogP contribution in [0.1, 0.15) is 50.7 Å². The van der Waals surface area contributed by atoms with E-state index in [1.54, 1.807) is 6.07 Å². The third kappa shape index (κ3) is 6.23. The van der Waals surface area contributed by atoms with Crippen molar-refractivity contribution in [2.24, 2.45) is 17.3 Å². The molecule has 1 aliphatic heterocycles. The van der Waals surface area contributed by atoms with Gasteiger partial charge in [-0.2, -0.15) is 0 Å². The van der Waals surface area contributed by atoms with Crippen LogP contribution in [0.2, 0.25) is 10.0 Å². The highest BCUT2D eigenvalue weighted by Gasteiger charge is 2.41. The molecular formula is C29H36Cl2N2. The Balaban J connectivity index is 1.29. The van der Waals surface area contributed by atoms with Crippen LogP contribution in [0.3, 0.4) is 0 Å². The van der Waals surface area contributed by atoms with E-state index in [-0.39, 0.29) is 5.41 Å². The van der Waals surface area contributed by atoms with E-state index in [1.807, 2.05) is 12.1 Å². The molecular weight excluding hydrogens is 447 g/mol. The Bertz CT molecular complexity index is 966. The summed E-state index contributed by atoms with van der Waals surface area (Å²) in [6, 6.07) is 17.0. The Kier molecular flexibility index (Phi) is 7.89. The summed E-state index contributed by atoms with van der Waals surface area (Å²) in [5.41, 5.74) is 3.64. The van der Waals surface area contributed by atoms with Gasteiger partial charge in [0.2, 0.25) is 0 Å². The molecule has 2 nitrogen and oxygen atoms in total. The van der Waals surface area contributed by atoms with E-state index >= 15 is 0 Å². The van der Waals surface area contributed by atoms with Gasteiger partial charge in [-0.3, -0.25) is 0 Å². The van der Waals surface area contributed by atoms with Crippen molar-refractivity contribution >= 4 is 29.3 Å². The van der Waals surface area contributed by atoms with Crippen LogP contribution in [-0.4, -0.2) is 24.0 Å². The third-order valence-electron chi connectivity index (χ3n) is 7.73. The minimum atomic E-state index is 0.125. The van der Waals surface area contributed by atoms with Gasteiger partial charge in [0, 0.05) is 40.3 Å². The van der Waals surface area contributed by atoms with E-state index in [2.05, 4.69) is 73.1 Å². The summed E-state index contributed by atoms with van der Waals surface area (Å²) in [6.07, 6.45) is 9.58. The van der Waals surface area contributed by atoms with Gasteiger partial charge in [-0.05, 0) is 73.4 Å². The zero-order valence-corrected chi connectivity index (χ0v) is 21.4. The second-order valence-electron chi connectivity index (χ2n) is 10.3. The van der Waals surface area contributed by atoms with Crippen molar-refractivity contribution in [3.8, 4) is 0 Å². The van der Waals surface area contributed by atoms with Crippen molar-refractivity contribution in [3.63, 3.8) is 0 Å². The number of rotatable bonds is 7. The van der Waals surface area contributed by atoms with Crippen molar-refractivity contribution in [1.82, 2.24) is 10.2 Å². The zero-order chi connectivity index (χ0) is 23.4. The number of benzene rings is 2. The molecule has 0 bridgehead atoms. The molecule has 4 rings (SSSR count). The van der Waals surface area contributed by atoms with Crippen molar-refractivity contribution in [3.05, 3.63) is 88.1 Å². The molecule has 1 saturated heterocycles. The highest BCUT2D eigenvalue weighted by Crippen LogP contribution is 2.45. The van der Waals surface area contributed by atoms with E-state index < -0.39 is 0 Å². The third-order valence-corrected chi connectivity index (χ3v) is 8.16. The van der Waals surface area contributed by atoms with Gasteiger partial charge in [-0.25, -0.2) is 0 Å². The van der Waals surface area contributed by atoms with Crippen LogP contribution in [0.15, 0.2) is 66.9 Å². The minimum absolute atomic E-state index is 0.125. The molecule has 2 aromatic carbocycles. The molecule has 0 amide bonds. The Morgan fingerprint density at radius 2 is 1.88 bits per heavy atom. The first-order valence-corrected chi connectivity index (χ1v) is 12.9. The van der Waals surface area contributed by atoms with E-state index in [4.69, 9.17) is 23.2 Å². The minimum Gasteiger partial charge on any atom is -0.384 e. The van der Waals surface area contributed by atoms with Crippen LogP contribution in [0.25, 0.3) is 6.08 Å². The summed E-state index contributed by atoms with van der Waals surface area (Å²) in [5, 5.41) is 4.92. The van der Waals surface area contributed by atoms with Gasteiger partial charge in [0.05, 0.1) is 0 Å². The monoisotopic (exact) mass is 482 g/mol. The predicted octanol–water partition coefficient (Wildman–Crippen LogP) is 7.83. The van der Waals surface area contributed by atoms with E-state index in [9.17, 15) is 0 Å². The maximum atomic E-state index is 6.15. The standard InChI is InChI=1S/C29H36Cl2N2/c1-21-20-33(14-12-25(21)10-9-23-7-5-4-6-8-23)28-11-13-29(3,18-28)22(2)32-19-24-15-26(30)17-27(31)16-24/h4-10,15-17,21,25,28,32H,2,11-14,18-20H2,1,3H3/b10-9-/t21?,25-,28?,29?/m1/s1. The fourth-order valence-electron chi connectivity index (χ4n) is 5.54. The molecule has 3 unspecified atom stereocenters. The quantitative estimate of drug-likeness (QED) is 0.432. The van der Waals surface area contributed by atoms with Crippen molar-refractivity contribution in [2.45, 2.75) is 52.1 Å². The molecule has 0 radical (unpaired) electrons. The first kappa shape index (κ1) is 24.4. The lowest BCUT2D eigenvalue weighted by Gasteiger charge is -2.40. The Hall–Kier alpha value is -1.74. The lowest BCUT2D eigenvalue weighted by atomic mass is 9.83. The van der Waals surface area contributed by atoms with E-state index in [0.717, 1.165) is 11.3 Å². The van der Waals surface area contributed by atoms with E-state index in [0.29, 0.717) is 34.5 Å². The summed E-state index contributed by atoms with van der Waals surface area (Å²) in [4.78, 5) is 2.74. The first-order valence-electron chi connectivity index (χ1n) is 12.2. The van der Waals surface area contributed by atoms with Crippen LogP contribution < -0.4 is 5.32 Å². The number of likely N-dealkylation sites (tertiary alicyclic amines) is 1. The Morgan fingerprint density at radius 1 is 1.15 bits per heavy atom. The summed E-state index contributed by atoms with van der Waals surface area (Å²) in [7, 11) is 0. The first-order chi connectivity index (χ1) is 15.8. The van der Waals surface area contributed by atoms with Gasteiger partial charge >= 0.3 is 0 Å². The van der Waals surface area contributed by atoms with Crippen molar-refractivity contribution in [2.75, 3.05) is 13.1 Å². The maximum absolute atomic E-state index is 6.15. The maximum Gasteiger partial charge on any atom is 0.0424 e. The van der Waals surface area contributed by atoms with Crippen LogP contribution in [-0.2, 0) is 6.54 Å². The largest absolute Gasteiger partial charge is 0.384 e. The van der Waals surface area contributed by atoms with Crippen molar-refractivity contribution < 1.29 is 0 Å². The number of hydrogen-bond acceptors (Lipinski definition) is 2. The molecule has 1 N–H and O–H groups in total. The van der Waals surface area contributed by atoms with Gasteiger partial charge in [0.15, 0.2) is 0 Å². The number of piperidine rings is 1. The van der Waals surface area contributed by atoms with Gasteiger partial charge in [0.25, 0.3) is 0 Å². The average molecular weight is 484 g/mol. The normalized spacial score (nSPS) is 28.3. The van der Waals surface area contributed by atoms with Gasteiger partial charge < -0.3 is 10.2 Å². The van der Waals surface area contributed by atoms with Crippen LogP contribution in [0.4, 0.5) is 0 Å². The van der Waals surface area contributed by atoms with Crippen LogP contribution >= 0.6 is 23.2 Å². The number of nitrogens with zero attached hydrogens (tertiary/aromatic N) is 1. The molecule has 0 aromatic heterocycles. The Morgan fingerprint density at radius 3 is 2.58 bits per heavy atom. The molecule has 2 aliphatic rings. The van der Waals surface area contributed by atoms with Gasteiger partial charge in [-0.15, -0.1) is 0 Å². The SMILES string of the molecule is C=C(NCc1cc(Cl)cc(Cl)c1)C1(C)CCC(N2CC[C@@H](/C=C\c3ccccc3)C(C)C2)C1. The summed E-state index contributed by atoms with van der Waals surface area (Å²) in [6.45, 7) is 12.3. The smallest absolute Gasteiger partial charge is 0.0424 e. The molecule has 4 heteroatoms. The van der Waals surface area contributed by atoms with Gasteiger partial charge in [0.1, 0.15) is 0 Å². The second-order valence-corrected chi connectivity index (χ2v) is 11.1. The lowest BCUT2D eigenvalue weighted by Crippen LogP contribution is -2.44. The average Bonchev–Trinajstić information content (AvgIpc) is 3.20. The molecule has 2 aromatic rings. The van der Waals surface area contributed by atoms with Gasteiger partial charge in [-0.1, -0.05) is 86.1 Å². The number of allylic oxidation sites excluding steroid dienone is 2. The molecule has 33 heavy (non-hydrogen) atoms. The summed E-state index contributed by atoms with van der Waals surface area (Å²) < 4.78 is 0. The number of halogens is 2. The highest BCUT2D eigenvalue weighted by molar-refractivity contribution is 6.34. The van der Waals surface area contributed by atoms with Crippen LogP contribution in [0.5, 0.6) is 0 Å². The van der Waals surface area contributed by atoms with Crippen LogP contribution in [0, 0.1) is 17.3 Å². The number of nitrogens with one attached hydrogen (secondary N) is 1. The summed E-state index contributed by atoms with van der Waals surface area (Å²) in [5.74, 6) is 1.34. The van der Waals surface area contributed by atoms with Crippen molar-refractivity contribution in [1.29, 1.82) is 0 Å². The highest BCUT2D eigenvalue weighted by atomic mass is 35.5. The topological polar surface area (TPSA) is 15.3 Å². The molecule has 1 heterocycles. The fourth-order valence-corrected chi connectivity index (χ4v) is 6.11. The fraction of sp³-hybridized carbons (Fsp3) is 0.448. The molecule has 1 saturated carbocycles. The Labute approximate surface area is 209 Å². The molecule has 0 spiro atoms. The molecule has 176 valence electrons. The predicted molar refractivity (Wildman–Crippen MR) is 143 cm³/mol.